The van der Waals surface area contributed by atoms with Crippen molar-refractivity contribution in [3.63, 3.8) is 0 Å². The van der Waals surface area contributed by atoms with Crippen LogP contribution in [-0.2, 0) is 4.79 Å². The van der Waals surface area contributed by atoms with E-state index >= 15 is 0 Å². The lowest BCUT2D eigenvalue weighted by atomic mass is 9.94. The predicted octanol–water partition coefficient (Wildman–Crippen LogP) is 1.93. The van der Waals surface area contributed by atoms with Crippen LogP contribution in [-0.4, -0.2) is 54.5 Å². The molecule has 5 heteroatoms. The van der Waals surface area contributed by atoms with Crippen LogP contribution in [0, 0.1) is 10.8 Å². The van der Waals surface area contributed by atoms with E-state index in [1.807, 2.05) is 25.7 Å². The van der Waals surface area contributed by atoms with Gasteiger partial charge in [-0.25, -0.2) is 4.79 Å². The molecular formula is C15H29N3O2. The summed E-state index contributed by atoms with van der Waals surface area (Å²) >= 11 is 0. The maximum atomic E-state index is 12.2. The second kappa shape index (κ2) is 6.02. The number of piperazine rings is 1. The molecule has 0 aromatic carbocycles. The molecule has 0 radical (unpaired) electrons. The Morgan fingerprint density at radius 1 is 0.900 bits per heavy atom. The summed E-state index contributed by atoms with van der Waals surface area (Å²) in [5, 5.41) is 2.95. The number of carbonyl (C=O) groups excluding carboxylic acids is 2. The van der Waals surface area contributed by atoms with Crippen molar-refractivity contribution >= 4 is 11.9 Å². The minimum atomic E-state index is -0.351. The molecular weight excluding hydrogens is 254 g/mol. The van der Waals surface area contributed by atoms with Crippen molar-refractivity contribution in [1.29, 1.82) is 0 Å². The maximum Gasteiger partial charge on any atom is 0.317 e. The Morgan fingerprint density at radius 2 is 1.35 bits per heavy atom. The number of carbonyl (C=O) groups is 2. The molecule has 0 unspecified atom stereocenters. The van der Waals surface area contributed by atoms with Gasteiger partial charge in [0.2, 0.25) is 5.91 Å². The van der Waals surface area contributed by atoms with Crippen molar-refractivity contribution in [2.45, 2.75) is 41.5 Å². The van der Waals surface area contributed by atoms with Gasteiger partial charge >= 0.3 is 6.03 Å². The minimum Gasteiger partial charge on any atom is -0.339 e. The molecule has 1 N–H and O–H groups in total. The van der Waals surface area contributed by atoms with Gasteiger partial charge < -0.3 is 15.1 Å². The minimum absolute atomic E-state index is 0.0252. The van der Waals surface area contributed by atoms with Gasteiger partial charge in [0, 0.05) is 38.1 Å². The maximum absolute atomic E-state index is 12.2. The largest absolute Gasteiger partial charge is 0.339 e. The van der Waals surface area contributed by atoms with E-state index in [1.165, 1.54) is 0 Å². The fourth-order valence-corrected chi connectivity index (χ4v) is 2.04. The molecule has 1 fully saturated rings. The fraction of sp³-hybridized carbons (Fsp3) is 0.867. The van der Waals surface area contributed by atoms with Gasteiger partial charge in [0.05, 0.1) is 0 Å². The molecule has 0 aromatic rings. The summed E-state index contributed by atoms with van der Waals surface area (Å²) in [6, 6.07) is -0.0252. The van der Waals surface area contributed by atoms with Crippen LogP contribution in [0.15, 0.2) is 0 Å². The smallest absolute Gasteiger partial charge is 0.317 e. The van der Waals surface area contributed by atoms with E-state index in [-0.39, 0.29) is 22.8 Å². The van der Waals surface area contributed by atoms with Gasteiger partial charge in [-0.2, -0.15) is 0 Å². The lowest BCUT2D eigenvalue weighted by molar-refractivity contribution is -0.140. The Labute approximate surface area is 122 Å². The van der Waals surface area contributed by atoms with E-state index in [0.29, 0.717) is 32.7 Å². The van der Waals surface area contributed by atoms with Crippen LogP contribution in [0.1, 0.15) is 41.5 Å². The molecule has 1 heterocycles. The zero-order valence-electron chi connectivity index (χ0n) is 13.7. The highest BCUT2D eigenvalue weighted by Gasteiger charge is 2.30. The number of hydrogen-bond donors (Lipinski definition) is 1. The van der Waals surface area contributed by atoms with Gasteiger partial charge in [-0.05, 0) is 5.41 Å². The highest BCUT2D eigenvalue weighted by atomic mass is 16.2. The van der Waals surface area contributed by atoms with Gasteiger partial charge in [0.15, 0.2) is 0 Å². The van der Waals surface area contributed by atoms with Gasteiger partial charge in [-0.1, -0.05) is 41.5 Å². The third-order valence-corrected chi connectivity index (χ3v) is 3.27. The third kappa shape index (κ3) is 5.02. The van der Waals surface area contributed by atoms with Gasteiger partial charge in [0.1, 0.15) is 0 Å². The van der Waals surface area contributed by atoms with Crippen molar-refractivity contribution in [1.82, 2.24) is 15.1 Å². The molecule has 1 rings (SSSR count). The summed E-state index contributed by atoms with van der Waals surface area (Å²) in [7, 11) is 0. The van der Waals surface area contributed by atoms with Crippen LogP contribution >= 0.6 is 0 Å². The number of urea groups is 1. The molecule has 0 aromatic heterocycles. The molecule has 0 atom stereocenters. The van der Waals surface area contributed by atoms with Gasteiger partial charge in [-0.3, -0.25) is 4.79 Å². The first kappa shape index (κ1) is 16.8. The van der Waals surface area contributed by atoms with Crippen LogP contribution in [0.25, 0.3) is 0 Å². The summed E-state index contributed by atoms with van der Waals surface area (Å²) in [4.78, 5) is 27.8. The quantitative estimate of drug-likeness (QED) is 0.799. The molecule has 1 aliphatic rings. The Kier molecular flexibility index (Phi) is 5.05. The molecule has 1 aliphatic heterocycles. The third-order valence-electron chi connectivity index (χ3n) is 3.27. The Bertz CT molecular complexity index is 358. The van der Waals surface area contributed by atoms with Crippen molar-refractivity contribution in [2.75, 3.05) is 32.7 Å². The zero-order valence-corrected chi connectivity index (χ0v) is 13.7. The number of rotatable bonds is 1. The highest BCUT2D eigenvalue weighted by molar-refractivity contribution is 5.82. The molecule has 0 saturated carbocycles. The summed E-state index contributed by atoms with van der Waals surface area (Å²) < 4.78 is 0. The van der Waals surface area contributed by atoms with Crippen LogP contribution in [0.4, 0.5) is 4.79 Å². The summed E-state index contributed by atoms with van der Waals surface area (Å²) in [5.74, 6) is 0.159. The zero-order chi connectivity index (χ0) is 15.6. The molecule has 5 nitrogen and oxygen atoms in total. The van der Waals surface area contributed by atoms with E-state index in [1.54, 1.807) is 4.90 Å². The first-order chi connectivity index (χ1) is 9.00. The Morgan fingerprint density at radius 3 is 1.75 bits per heavy atom. The Hall–Kier alpha value is -1.26. The molecule has 0 spiro atoms. The topological polar surface area (TPSA) is 52.7 Å². The summed E-state index contributed by atoms with van der Waals surface area (Å²) in [6.45, 7) is 15.2. The lowest BCUT2D eigenvalue weighted by Crippen LogP contribution is -2.55. The molecule has 20 heavy (non-hydrogen) atoms. The standard InChI is InChI=1S/C15H29N3O2/c1-14(2,3)11-16-13(20)18-9-7-17(8-10-18)12(19)15(4,5)6/h7-11H2,1-6H3,(H,16,20). The second-order valence-electron chi connectivity index (χ2n) is 7.75. The molecule has 0 bridgehead atoms. The first-order valence-electron chi connectivity index (χ1n) is 7.33. The molecule has 116 valence electrons. The van der Waals surface area contributed by atoms with Gasteiger partial charge in [-0.15, -0.1) is 0 Å². The SMILES string of the molecule is CC(C)(C)CNC(=O)N1CCN(C(=O)C(C)(C)C)CC1. The average molecular weight is 283 g/mol. The van der Waals surface area contributed by atoms with Crippen LogP contribution in [0.3, 0.4) is 0 Å². The van der Waals surface area contributed by atoms with Gasteiger partial charge in [0.25, 0.3) is 0 Å². The summed E-state index contributed by atoms with van der Waals surface area (Å²) in [6.07, 6.45) is 0. The highest BCUT2D eigenvalue weighted by Crippen LogP contribution is 2.18. The van der Waals surface area contributed by atoms with E-state index in [9.17, 15) is 9.59 Å². The molecule has 0 aliphatic carbocycles. The van der Waals surface area contributed by atoms with Crippen molar-refractivity contribution in [3.8, 4) is 0 Å². The van der Waals surface area contributed by atoms with Crippen LogP contribution in [0.2, 0.25) is 0 Å². The summed E-state index contributed by atoms with van der Waals surface area (Å²) in [5.41, 5.74) is -0.268. The number of nitrogens with zero attached hydrogens (tertiary/aromatic N) is 2. The fourth-order valence-electron chi connectivity index (χ4n) is 2.04. The second-order valence-corrected chi connectivity index (χ2v) is 7.75. The predicted molar refractivity (Wildman–Crippen MR) is 80.5 cm³/mol. The Balaban J connectivity index is 2.42. The van der Waals surface area contributed by atoms with Crippen molar-refractivity contribution in [2.24, 2.45) is 10.8 Å². The first-order valence-corrected chi connectivity index (χ1v) is 7.33. The lowest BCUT2D eigenvalue weighted by Gasteiger charge is -2.37. The number of amides is 3. The van der Waals surface area contributed by atoms with Crippen molar-refractivity contribution < 1.29 is 9.59 Å². The van der Waals surface area contributed by atoms with E-state index < -0.39 is 0 Å². The van der Waals surface area contributed by atoms with E-state index in [2.05, 4.69) is 26.1 Å². The van der Waals surface area contributed by atoms with Crippen molar-refractivity contribution in [3.05, 3.63) is 0 Å². The van der Waals surface area contributed by atoms with E-state index in [4.69, 9.17) is 0 Å². The number of hydrogen-bond acceptors (Lipinski definition) is 2. The average Bonchev–Trinajstić information content (AvgIpc) is 2.33. The number of nitrogens with one attached hydrogen (secondary N) is 1. The normalized spacial score (nSPS) is 17.1. The van der Waals surface area contributed by atoms with Crippen LogP contribution in [0.5, 0.6) is 0 Å². The molecule has 3 amide bonds. The van der Waals surface area contributed by atoms with E-state index in [0.717, 1.165) is 0 Å². The monoisotopic (exact) mass is 283 g/mol. The van der Waals surface area contributed by atoms with Crippen LogP contribution < -0.4 is 5.32 Å². The molecule has 1 saturated heterocycles.